The summed E-state index contributed by atoms with van der Waals surface area (Å²) in [7, 11) is 0. The Morgan fingerprint density at radius 3 is 2.94 bits per heavy atom. The molecule has 6 nitrogen and oxygen atoms in total. The largest absolute Gasteiger partial charge is 0.350 e. The Kier molecular flexibility index (Phi) is 2.64. The lowest BCUT2D eigenvalue weighted by atomic mass is 9.91. The number of imidazole rings is 1. The lowest BCUT2D eigenvalue weighted by Gasteiger charge is -2.38. The molecular weight excluding hydrogens is 216 g/mol. The minimum Gasteiger partial charge on any atom is -0.350 e. The first-order chi connectivity index (χ1) is 8.40. The first kappa shape index (κ1) is 10.5. The number of aromatic nitrogens is 4. The summed E-state index contributed by atoms with van der Waals surface area (Å²) in [5, 5.41) is 0. The van der Waals surface area contributed by atoms with Crippen molar-refractivity contribution in [2.24, 2.45) is 5.73 Å². The fraction of sp³-hybridized carbons (Fsp3) is 0.545. The highest BCUT2D eigenvalue weighted by molar-refractivity contribution is 5.82. The van der Waals surface area contributed by atoms with Crippen LogP contribution in [0, 0.1) is 0 Å². The molecule has 2 aromatic heterocycles. The van der Waals surface area contributed by atoms with E-state index in [0.717, 1.165) is 23.5 Å². The van der Waals surface area contributed by atoms with Crippen LogP contribution in [-0.4, -0.2) is 39.1 Å². The van der Waals surface area contributed by atoms with Gasteiger partial charge in [0.05, 0.1) is 6.33 Å². The van der Waals surface area contributed by atoms with Gasteiger partial charge in [0.15, 0.2) is 11.5 Å². The van der Waals surface area contributed by atoms with Crippen LogP contribution < -0.4 is 10.6 Å². The van der Waals surface area contributed by atoms with E-state index in [0.29, 0.717) is 12.6 Å². The molecule has 0 unspecified atom stereocenters. The maximum atomic E-state index is 5.69. The van der Waals surface area contributed by atoms with Crippen molar-refractivity contribution in [2.45, 2.75) is 25.3 Å². The Bertz CT molecular complexity index is 503. The molecule has 2 heterocycles. The fourth-order valence-corrected chi connectivity index (χ4v) is 2.27. The van der Waals surface area contributed by atoms with Crippen LogP contribution >= 0.6 is 0 Å². The van der Waals surface area contributed by atoms with Crippen LogP contribution in [0.3, 0.4) is 0 Å². The second-order valence-corrected chi connectivity index (χ2v) is 4.37. The van der Waals surface area contributed by atoms with Crippen molar-refractivity contribution in [1.82, 2.24) is 19.9 Å². The van der Waals surface area contributed by atoms with Gasteiger partial charge in [-0.15, -0.1) is 0 Å². The third-order valence-corrected chi connectivity index (χ3v) is 3.36. The Morgan fingerprint density at radius 1 is 1.35 bits per heavy atom. The Hall–Kier alpha value is -1.69. The molecule has 3 N–H and O–H groups in total. The Morgan fingerprint density at radius 2 is 2.24 bits per heavy atom. The highest BCUT2D eigenvalue weighted by Gasteiger charge is 2.27. The summed E-state index contributed by atoms with van der Waals surface area (Å²) in [5.41, 5.74) is 7.32. The smallest absolute Gasteiger partial charge is 0.182 e. The predicted molar refractivity (Wildman–Crippen MR) is 65.7 cm³/mol. The number of anilines is 1. The maximum Gasteiger partial charge on any atom is 0.182 e. The summed E-state index contributed by atoms with van der Waals surface area (Å²) in [6, 6.07) is 0.569. The highest BCUT2D eigenvalue weighted by atomic mass is 15.2. The molecule has 0 aromatic carbocycles. The van der Waals surface area contributed by atoms with Crippen LogP contribution in [0.1, 0.15) is 19.3 Å². The normalized spacial score (nSPS) is 16.1. The maximum absolute atomic E-state index is 5.69. The van der Waals surface area contributed by atoms with E-state index in [1.54, 1.807) is 12.7 Å². The van der Waals surface area contributed by atoms with Crippen molar-refractivity contribution in [1.29, 1.82) is 0 Å². The number of hydrogen-bond donors (Lipinski definition) is 2. The zero-order chi connectivity index (χ0) is 11.7. The quantitative estimate of drug-likeness (QED) is 0.809. The fourth-order valence-electron chi connectivity index (χ4n) is 2.27. The van der Waals surface area contributed by atoms with Crippen LogP contribution in [0.4, 0.5) is 5.82 Å². The van der Waals surface area contributed by atoms with Crippen molar-refractivity contribution in [3.63, 3.8) is 0 Å². The number of rotatable bonds is 4. The van der Waals surface area contributed by atoms with Crippen molar-refractivity contribution in [3.05, 3.63) is 12.7 Å². The first-order valence-corrected chi connectivity index (χ1v) is 6.01. The predicted octanol–water partition coefficient (Wildman–Crippen LogP) is 0.670. The van der Waals surface area contributed by atoms with Gasteiger partial charge in [0, 0.05) is 19.1 Å². The van der Waals surface area contributed by atoms with Gasteiger partial charge < -0.3 is 15.6 Å². The molecule has 6 heteroatoms. The lowest BCUT2D eigenvalue weighted by Crippen LogP contribution is -2.43. The third kappa shape index (κ3) is 1.74. The number of hydrogen-bond acceptors (Lipinski definition) is 5. The molecule has 0 spiro atoms. The molecule has 0 saturated heterocycles. The SMILES string of the molecule is NCCN(c1ncnc2nc[nH]c12)C1CCC1. The number of nitrogens with zero attached hydrogens (tertiary/aromatic N) is 4. The molecule has 1 saturated carbocycles. The standard InChI is InChI=1S/C11H16N6/c12-4-5-17(8-2-1-3-8)11-9-10(14-6-13-9)15-7-16-11/h6-8H,1-5,12H2,(H,13,14,15,16). The van der Waals surface area contributed by atoms with Gasteiger partial charge in [0.2, 0.25) is 0 Å². The van der Waals surface area contributed by atoms with Gasteiger partial charge in [-0.25, -0.2) is 15.0 Å². The van der Waals surface area contributed by atoms with E-state index in [1.165, 1.54) is 19.3 Å². The molecule has 0 radical (unpaired) electrons. The third-order valence-electron chi connectivity index (χ3n) is 3.36. The van der Waals surface area contributed by atoms with E-state index in [4.69, 9.17) is 5.73 Å². The summed E-state index contributed by atoms with van der Waals surface area (Å²) >= 11 is 0. The number of aromatic amines is 1. The molecular formula is C11H16N6. The highest BCUT2D eigenvalue weighted by Crippen LogP contribution is 2.30. The van der Waals surface area contributed by atoms with Crippen LogP contribution in [0.2, 0.25) is 0 Å². The Balaban J connectivity index is 2.01. The van der Waals surface area contributed by atoms with E-state index >= 15 is 0 Å². The second kappa shape index (κ2) is 4.29. The Labute approximate surface area is 99.3 Å². The molecule has 3 rings (SSSR count). The van der Waals surface area contributed by atoms with Gasteiger partial charge in [-0.1, -0.05) is 0 Å². The molecule has 90 valence electrons. The molecule has 1 fully saturated rings. The second-order valence-electron chi connectivity index (χ2n) is 4.37. The van der Waals surface area contributed by atoms with Gasteiger partial charge in [-0.05, 0) is 19.3 Å². The monoisotopic (exact) mass is 232 g/mol. The molecule has 17 heavy (non-hydrogen) atoms. The molecule has 0 amide bonds. The van der Waals surface area contributed by atoms with Crippen molar-refractivity contribution in [2.75, 3.05) is 18.0 Å². The van der Waals surface area contributed by atoms with Gasteiger partial charge in [-0.3, -0.25) is 0 Å². The van der Waals surface area contributed by atoms with Crippen molar-refractivity contribution >= 4 is 17.0 Å². The summed E-state index contributed by atoms with van der Waals surface area (Å²) in [6.07, 6.45) is 6.97. The van der Waals surface area contributed by atoms with Crippen molar-refractivity contribution < 1.29 is 0 Å². The number of H-pyrrole nitrogens is 1. The first-order valence-electron chi connectivity index (χ1n) is 6.01. The molecule has 0 atom stereocenters. The zero-order valence-electron chi connectivity index (χ0n) is 9.63. The van der Waals surface area contributed by atoms with Crippen LogP contribution in [-0.2, 0) is 0 Å². The molecule has 1 aliphatic carbocycles. The van der Waals surface area contributed by atoms with Gasteiger partial charge in [-0.2, -0.15) is 0 Å². The van der Waals surface area contributed by atoms with Gasteiger partial charge >= 0.3 is 0 Å². The topological polar surface area (TPSA) is 83.7 Å². The van der Waals surface area contributed by atoms with E-state index in [1.807, 2.05) is 0 Å². The number of nitrogens with one attached hydrogen (secondary N) is 1. The summed E-state index contributed by atoms with van der Waals surface area (Å²) < 4.78 is 0. The van der Waals surface area contributed by atoms with Crippen LogP contribution in [0.15, 0.2) is 12.7 Å². The van der Waals surface area contributed by atoms with E-state index in [9.17, 15) is 0 Å². The zero-order valence-corrected chi connectivity index (χ0v) is 9.63. The minimum atomic E-state index is 0.569. The van der Waals surface area contributed by atoms with Gasteiger partial charge in [0.1, 0.15) is 11.8 Å². The summed E-state index contributed by atoms with van der Waals surface area (Å²) in [5.74, 6) is 0.933. The average Bonchev–Trinajstić information content (AvgIpc) is 2.73. The van der Waals surface area contributed by atoms with E-state index in [-0.39, 0.29) is 0 Å². The molecule has 0 bridgehead atoms. The molecule has 1 aliphatic rings. The number of nitrogens with two attached hydrogens (primary N) is 1. The molecule has 2 aromatic rings. The summed E-state index contributed by atoms with van der Waals surface area (Å²) in [4.78, 5) is 18.1. The number of fused-ring (bicyclic) bond motifs is 1. The average molecular weight is 232 g/mol. The van der Waals surface area contributed by atoms with E-state index < -0.39 is 0 Å². The lowest BCUT2D eigenvalue weighted by molar-refractivity contribution is 0.386. The van der Waals surface area contributed by atoms with Crippen molar-refractivity contribution in [3.8, 4) is 0 Å². The molecule has 0 aliphatic heterocycles. The minimum absolute atomic E-state index is 0.569. The van der Waals surface area contributed by atoms with E-state index in [2.05, 4.69) is 24.8 Å². The van der Waals surface area contributed by atoms with Crippen LogP contribution in [0.25, 0.3) is 11.2 Å². The van der Waals surface area contributed by atoms with Crippen LogP contribution in [0.5, 0.6) is 0 Å². The van der Waals surface area contributed by atoms with Gasteiger partial charge in [0.25, 0.3) is 0 Å². The summed E-state index contributed by atoms with van der Waals surface area (Å²) in [6.45, 7) is 1.46.